The van der Waals surface area contributed by atoms with E-state index in [1.807, 2.05) is 0 Å². The monoisotopic (exact) mass is 229 g/mol. The molecule has 7 nitrogen and oxygen atoms in total. The number of hydrogen-bond donors (Lipinski definition) is 4. The third-order valence-corrected chi connectivity index (χ3v) is 2.43. The van der Waals surface area contributed by atoms with Crippen molar-refractivity contribution in [1.29, 1.82) is 0 Å². The molecule has 0 aliphatic rings. The van der Waals surface area contributed by atoms with E-state index in [1.54, 1.807) is 0 Å². The van der Waals surface area contributed by atoms with Crippen molar-refractivity contribution in [2.24, 2.45) is 5.73 Å². The predicted molar refractivity (Wildman–Crippen MR) is 54.2 cm³/mol. The molecule has 5 N–H and O–H groups in total. The van der Waals surface area contributed by atoms with E-state index in [9.17, 15) is 14.4 Å². The third kappa shape index (κ3) is 2.68. The maximum Gasteiger partial charge on any atom is 0.346 e. The summed E-state index contributed by atoms with van der Waals surface area (Å²) in [7, 11) is 0. The second-order valence-corrected chi connectivity index (χ2v) is 3.46. The van der Waals surface area contributed by atoms with Crippen LogP contribution in [0.4, 0.5) is 15.5 Å². The number of primary amides is 1. The smallest absolute Gasteiger partial charge is 0.346 e. The molecular weight excluding hydrogens is 222 g/mol. The van der Waals surface area contributed by atoms with E-state index in [0.29, 0.717) is 6.41 Å². The van der Waals surface area contributed by atoms with Gasteiger partial charge in [-0.3, -0.25) is 10.1 Å². The maximum absolute atomic E-state index is 10.6. The van der Waals surface area contributed by atoms with Gasteiger partial charge in [-0.2, -0.15) is 0 Å². The number of carbonyl (C=O) groups excluding carboxylic acids is 2. The molecule has 8 heteroatoms. The molecule has 1 rings (SSSR count). The summed E-state index contributed by atoms with van der Waals surface area (Å²) in [6.07, 6.45) is 0.375. The summed E-state index contributed by atoms with van der Waals surface area (Å²) < 4.78 is 0. The van der Waals surface area contributed by atoms with Crippen molar-refractivity contribution in [2.75, 3.05) is 10.6 Å². The first-order valence-electron chi connectivity index (χ1n) is 3.68. The van der Waals surface area contributed by atoms with Crippen LogP contribution in [0.2, 0.25) is 0 Å². The molecule has 0 saturated carbocycles. The van der Waals surface area contributed by atoms with E-state index in [2.05, 4.69) is 10.6 Å². The number of carboxylic acids is 1. The van der Waals surface area contributed by atoms with Crippen molar-refractivity contribution < 1.29 is 19.5 Å². The van der Waals surface area contributed by atoms with Crippen molar-refractivity contribution in [3.05, 3.63) is 10.9 Å². The Bertz CT molecular complexity index is 414. The second-order valence-electron chi connectivity index (χ2n) is 2.41. The number of thiophene rings is 1. The van der Waals surface area contributed by atoms with Gasteiger partial charge in [0, 0.05) is 0 Å². The minimum absolute atomic E-state index is 0.0110. The van der Waals surface area contributed by atoms with E-state index in [-0.39, 0.29) is 15.6 Å². The summed E-state index contributed by atoms with van der Waals surface area (Å²) in [4.78, 5) is 31.3. The number of nitrogens with two attached hydrogens (primary N) is 1. The van der Waals surface area contributed by atoms with Crippen LogP contribution in [-0.2, 0) is 4.79 Å². The van der Waals surface area contributed by atoms with Gasteiger partial charge >= 0.3 is 12.0 Å². The van der Waals surface area contributed by atoms with Crippen molar-refractivity contribution in [3.8, 4) is 0 Å². The van der Waals surface area contributed by atoms with Gasteiger partial charge in [0.2, 0.25) is 6.41 Å². The van der Waals surface area contributed by atoms with Crippen molar-refractivity contribution in [1.82, 2.24) is 0 Å². The SMILES string of the molecule is NC(=O)Nc1sc(C(=O)O)cc1NC=O. The minimum Gasteiger partial charge on any atom is -0.477 e. The highest BCUT2D eigenvalue weighted by Crippen LogP contribution is 2.32. The first-order chi connectivity index (χ1) is 7.04. The molecule has 0 radical (unpaired) electrons. The molecule has 0 spiro atoms. The fraction of sp³-hybridized carbons (Fsp3) is 0. The highest BCUT2D eigenvalue weighted by molar-refractivity contribution is 7.18. The van der Waals surface area contributed by atoms with Crippen LogP contribution in [0.3, 0.4) is 0 Å². The Balaban J connectivity index is 3.04. The van der Waals surface area contributed by atoms with E-state index in [0.717, 1.165) is 11.3 Å². The molecule has 0 aliphatic carbocycles. The Hall–Kier alpha value is -2.09. The van der Waals surface area contributed by atoms with E-state index >= 15 is 0 Å². The zero-order valence-electron chi connectivity index (χ0n) is 7.31. The van der Waals surface area contributed by atoms with Crippen LogP contribution in [0.5, 0.6) is 0 Å². The highest BCUT2D eigenvalue weighted by Gasteiger charge is 2.14. The Labute approximate surface area is 87.9 Å². The van der Waals surface area contributed by atoms with Crippen LogP contribution < -0.4 is 16.4 Å². The Kier molecular flexibility index (Phi) is 3.24. The molecule has 80 valence electrons. The number of hydrogen-bond acceptors (Lipinski definition) is 4. The lowest BCUT2D eigenvalue weighted by molar-refractivity contribution is -0.105. The molecule has 1 heterocycles. The van der Waals surface area contributed by atoms with Crippen LogP contribution >= 0.6 is 11.3 Å². The summed E-state index contributed by atoms with van der Waals surface area (Å²) in [5.74, 6) is -1.15. The Morgan fingerprint density at radius 3 is 2.67 bits per heavy atom. The fourth-order valence-electron chi connectivity index (χ4n) is 0.872. The zero-order chi connectivity index (χ0) is 11.4. The van der Waals surface area contributed by atoms with Crippen LogP contribution in [-0.4, -0.2) is 23.5 Å². The first-order valence-corrected chi connectivity index (χ1v) is 4.50. The number of rotatable bonds is 4. The van der Waals surface area contributed by atoms with Gasteiger partial charge in [-0.05, 0) is 6.07 Å². The lowest BCUT2D eigenvalue weighted by atomic mass is 10.4. The Morgan fingerprint density at radius 2 is 2.20 bits per heavy atom. The van der Waals surface area contributed by atoms with Crippen molar-refractivity contribution in [2.45, 2.75) is 0 Å². The number of carboxylic acid groups (broad SMARTS) is 1. The van der Waals surface area contributed by atoms with Gasteiger partial charge in [-0.1, -0.05) is 0 Å². The summed E-state index contributed by atoms with van der Waals surface area (Å²) in [5, 5.41) is 13.3. The lowest BCUT2D eigenvalue weighted by Gasteiger charge is -2.00. The molecule has 15 heavy (non-hydrogen) atoms. The number of aromatic carboxylic acids is 1. The van der Waals surface area contributed by atoms with Gasteiger partial charge in [-0.15, -0.1) is 11.3 Å². The number of anilines is 2. The summed E-state index contributed by atoms with van der Waals surface area (Å²) in [5.41, 5.74) is 5.07. The molecular formula is C7H7N3O4S. The molecule has 1 aromatic rings. The number of amides is 3. The topological polar surface area (TPSA) is 122 Å². The third-order valence-electron chi connectivity index (χ3n) is 1.39. The molecule has 3 amide bonds. The van der Waals surface area contributed by atoms with Gasteiger partial charge in [0.05, 0.1) is 5.69 Å². The van der Waals surface area contributed by atoms with E-state index < -0.39 is 12.0 Å². The van der Waals surface area contributed by atoms with E-state index in [1.165, 1.54) is 6.07 Å². The molecule has 0 bridgehead atoms. The largest absolute Gasteiger partial charge is 0.477 e. The molecule has 0 fully saturated rings. The van der Waals surface area contributed by atoms with Gasteiger partial charge in [-0.25, -0.2) is 9.59 Å². The van der Waals surface area contributed by atoms with E-state index in [4.69, 9.17) is 10.8 Å². The first kappa shape index (κ1) is 11.0. The zero-order valence-corrected chi connectivity index (χ0v) is 8.13. The van der Waals surface area contributed by atoms with Gasteiger partial charge in [0.15, 0.2) is 0 Å². The normalized spacial score (nSPS) is 9.33. The summed E-state index contributed by atoms with van der Waals surface area (Å²) in [6.45, 7) is 0. The number of nitrogens with one attached hydrogen (secondary N) is 2. The molecule has 0 unspecified atom stereocenters. The Morgan fingerprint density at radius 1 is 1.53 bits per heavy atom. The van der Waals surface area contributed by atoms with Crippen molar-refractivity contribution in [3.63, 3.8) is 0 Å². The van der Waals surface area contributed by atoms with Crippen molar-refractivity contribution >= 4 is 40.4 Å². The minimum atomic E-state index is -1.15. The van der Waals surface area contributed by atoms with Gasteiger partial charge in [0.25, 0.3) is 0 Å². The molecule has 0 aromatic carbocycles. The van der Waals surface area contributed by atoms with Crippen LogP contribution in [0.1, 0.15) is 9.67 Å². The molecule has 0 aliphatic heterocycles. The maximum atomic E-state index is 10.6. The lowest BCUT2D eigenvalue weighted by Crippen LogP contribution is -2.19. The average Bonchev–Trinajstić information content (AvgIpc) is 2.48. The second kappa shape index (κ2) is 4.42. The quantitative estimate of drug-likeness (QED) is 0.561. The van der Waals surface area contributed by atoms with Gasteiger partial charge < -0.3 is 16.2 Å². The molecule has 0 atom stereocenters. The highest BCUT2D eigenvalue weighted by atomic mass is 32.1. The number of urea groups is 1. The molecule has 0 saturated heterocycles. The van der Waals surface area contributed by atoms with Crippen LogP contribution in [0.15, 0.2) is 6.07 Å². The standard InChI is InChI=1S/C7H7N3O4S/c8-7(14)10-5-3(9-2-11)1-4(15-5)6(12)13/h1-2H,(H,9,11)(H,12,13)(H3,8,10,14). The summed E-state index contributed by atoms with van der Waals surface area (Å²) in [6, 6.07) is 0.398. The number of carbonyl (C=O) groups is 3. The van der Waals surface area contributed by atoms with Gasteiger partial charge in [0.1, 0.15) is 9.88 Å². The van der Waals surface area contributed by atoms with Crippen LogP contribution in [0, 0.1) is 0 Å². The van der Waals surface area contributed by atoms with Crippen LogP contribution in [0.25, 0.3) is 0 Å². The molecule has 1 aromatic heterocycles. The summed E-state index contributed by atoms with van der Waals surface area (Å²) >= 11 is 0.803. The fourth-order valence-corrected chi connectivity index (χ4v) is 1.74. The predicted octanol–water partition coefficient (Wildman–Crippen LogP) is 0.505. The average molecular weight is 229 g/mol.